The van der Waals surface area contributed by atoms with Gasteiger partial charge in [-0.25, -0.2) is 4.79 Å². The molecule has 9 heteroatoms. The molecule has 0 bridgehead atoms. The second kappa shape index (κ2) is 6.62. The number of halogens is 3. The molecule has 1 saturated carbocycles. The van der Waals surface area contributed by atoms with Crippen molar-refractivity contribution < 1.29 is 27.6 Å². The Labute approximate surface area is 147 Å². The molecule has 6 nitrogen and oxygen atoms in total. The van der Waals surface area contributed by atoms with Crippen LogP contribution in [0.2, 0.25) is 0 Å². The summed E-state index contributed by atoms with van der Waals surface area (Å²) in [6.07, 6.45) is -1.58. The molecule has 1 atom stereocenters. The highest BCUT2D eigenvalue weighted by atomic mass is 19.4. The second-order valence-electron chi connectivity index (χ2n) is 6.48. The van der Waals surface area contributed by atoms with E-state index in [1.165, 1.54) is 18.2 Å². The molecule has 1 aliphatic carbocycles. The van der Waals surface area contributed by atoms with Gasteiger partial charge in [-0.05, 0) is 18.4 Å². The van der Waals surface area contributed by atoms with Crippen molar-refractivity contribution in [3.8, 4) is 0 Å². The molecule has 2 N–H and O–H groups in total. The zero-order valence-corrected chi connectivity index (χ0v) is 13.8. The van der Waals surface area contributed by atoms with Crippen LogP contribution < -0.4 is 10.6 Å². The molecule has 4 amide bonds. The Bertz CT molecular complexity index is 717. The first-order valence-electron chi connectivity index (χ1n) is 8.31. The van der Waals surface area contributed by atoms with Crippen LogP contribution >= 0.6 is 0 Å². The fraction of sp³-hybridized carbons (Fsp3) is 0.471. The first-order valence-corrected chi connectivity index (χ1v) is 8.31. The van der Waals surface area contributed by atoms with E-state index in [-0.39, 0.29) is 6.04 Å². The summed E-state index contributed by atoms with van der Waals surface area (Å²) < 4.78 is 41.4. The molecule has 1 aromatic rings. The molecule has 1 aromatic carbocycles. The summed E-state index contributed by atoms with van der Waals surface area (Å²) in [5, 5.41) is 4.41. The van der Waals surface area contributed by atoms with Crippen LogP contribution in [0.1, 0.15) is 31.2 Å². The number of carbonyl (C=O) groups excluding carboxylic acids is 3. The number of benzene rings is 1. The van der Waals surface area contributed by atoms with Gasteiger partial charge in [-0.3, -0.25) is 14.5 Å². The van der Waals surface area contributed by atoms with Gasteiger partial charge < -0.3 is 10.6 Å². The molecule has 0 aromatic heterocycles. The van der Waals surface area contributed by atoms with E-state index in [0.717, 1.165) is 37.8 Å². The minimum atomic E-state index is -5.06. The lowest BCUT2D eigenvalue weighted by molar-refractivity contribution is -0.198. The molecule has 0 spiro atoms. The largest absolute Gasteiger partial charge is 0.425 e. The lowest BCUT2D eigenvalue weighted by Gasteiger charge is -2.29. The van der Waals surface area contributed by atoms with Gasteiger partial charge in [0.05, 0.1) is 0 Å². The molecule has 2 fully saturated rings. The summed E-state index contributed by atoms with van der Waals surface area (Å²) >= 11 is 0. The Hall–Kier alpha value is -2.58. The molecule has 140 valence electrons. The Morgan fingerprint density at radius 2 is 1.81 bits per heavy atom. The predicted molar refractivity (Wildman–Crippen MR) is 84.8 cm³/mol. The first-order chi connectivity index (χ1) is 12.3. The van der Waals surface area contributed by atoms with Gasteiger partial charge >= 0.3 is 12.2 Å². The van der Waals surface area contributed by atoms with Crippen molar-refractivity contribution in [3.63, 3.8) is 0 Å². The highest BCUT2D eigenvalue weighted by molar-refractivity contribution is 6.10. The minimum absolute atomic E-state index is 0.0650. The maximum absolute atomic E-state index is 13.8. The third kappa shape index (κ3) is 3.02. The van der Waals surface area contributed by atoms with Crippen molar-refractivity contribution in [3.05, 3.63) is 35.9 Å². The highest BCUT2D eigenvalue weighted by Gasteiger charge is 2.68. The van der Waals surface area contributed by atoms with Gasteiger partial charge in [0.2, 0.25) is 11.4 Å². The van der Waals surface area contributed by atoms with Gasteiger partial charge in [-0.1, -0.05) is 43.2 Å². The van der Waals surface area contributed by atoms with Crippen LogP contribution in [0, 0.1) is 0 Å². The topological polar surface area (TPSA) is 78.5 Å². The van der Waals surface area contributed by atoms with Gasteiger partial charge in [0.15, 0.2) is 0 Å². The molecule has 26 heavy (non-hydrogen) atoms. The third-order valence-corrected chi connectivity index (χ3v) is 4.76. The smallest absolute Gasteiger partial charge is 0.352 e. The molecule has 3 rings (SSSR count). The molecule has 0 radical (unpaired) electrons. The van der Waals surface area contributed by atoms with E-state index >= 15 is 0 Å². The van der Waals surface area contributed by atoms with Crippen molar-refractivity contribution >= 4 is 17.8 Å². The standard InChI is InChI=1S/C17H18F3N3O3/c18-17(19,20)16(11-6-2-1-3-7-11)14(25)23(15(26)22-16)10-13(24)21-12-8-4-5-9-12/h1-3,6-7,12H,4-5,8-10H2,(H,21,24)(H,22,26). The van der Waals surface area contributed by atoms with Crippen LogP contribution in [0.3, 0.4) is 0 Å². The Kier molecular flexibility index (Phi) is 4.64. The molecular formula is C17H18F3N3O3. The summed E-state index contributed by atoms with van der Waals surface area (Å²) in [4.78, 5) is 37.1. The number of rotatable bonds is 4. The quantitative estimate of drug-likeness (QED) is 0.798. The number of carbonyl (C=O) groups is 3. The number of nitrogens with one attached hydrogen (secondary N) is 2. The number of hydrogen-bond donors (Lipinski definition) is 2. The van der Waals surface area contributed by atoms with Gasteiger partial charge in [0.1, 0.15) is 6.54 Å². The monoisotopic (exact) mass is 369 g/mol. The van der Waals surface area contributed by atoms with Crippen molar-refractivity contribution in [1.29, 1.82) is 0 Å². The lowest BCUT2D eigenvalue weighted by Crippen LogP contribution is -2.56. The van der Waals surface area contributed by atoms with Gasteiger partial charge in [0, 0.05) is 6.04 Å². The number of nitrogens with zero attached hydrogens (tertiary/aromatic N) is 1. The highest BCUT2D eigenvalue weighted by Crippen LogP contribution is 2.43. The second-order valence-corrected chi connectivity index (χ2v) is 6.48. The van der Waals surface area contributed by atoms with Crippen LogP contribution in [0.15, 0.2) is 30.3 Å². The van der Waals surface area contributed by atoms with Crippen LogP contribution in [0.5, 0.6) is 0 Å². The van der Waals surface area contributed by atoms with Crippen LogP contribution in [-0.4, -0.2) is 41.5 Å². The maximum Gasteiger partial charge on any atom is 0.425 e. The molecule has 1 unspecified atom stereocenters. The zero-order chi connectivity index (χ0) is 18.9. The van der Waals surface area contributed by atoms with Crippen LogP contribution in [0.4, 0.5) is 18.0 Å². The van der Waals surface area contributed by atoms with Gasteiger partial charge in [-0.2, -0.15) is 13.2 Å². The van der Waals surface area contributed by atoms with Crippen LogP contribution in [0.25, 0.3) is 0 Å². The average Bonchev–Trinajstić information content (AvgIpc) is 3.17. The van der Waals surface area contributed by atoms with E-state index in [9.17, 15) is 27.6 Å². The van der Waals surface area contributed by atoms with Gasteiger partial charge in [0.25, 0.3) is 5.91 Å². The zero-order valence-electron chi connectivity index (χ0n) is 13.8. The third-order valence-electron chi connectivity index (χ3n) is 4.76. The maximum atomic E-state index is 13.8. The van der Waals surface area contributed by atoms with Crippen molar-refractivity contribution in [2.75, 3.05) is 6.54 Å². The van der Waals surface area contributed by atoms with Crippen LogP contribution in [-0.2, 0) is 15.1 Å². The predicted octanol–water partition coefficient (Wildman–Crippen LogP) is 2.05. The number of imide groups is 1. The fourth-order valence-corrected chi connectivity index (χ4v) is 3.45. The first kappa shape index (κ1) is 18.2. The van der Waals surface area contributed by atoms with Crippen molar-refractivity contribution in [2.24, 2.45) is 0 Å². The van der Waals surface area contributed by atoms with E-state index in [1.54, 1.807) is 5.32 Å². The average molecular weight is 369 g/mol. The molecule has 2 aliphatic rings. The summed E-state index contributed by atoms with van der Waals surface area (Å²) in [7, 11) is 0. The van der Waals surface area contributed by atoms with Gasteiger partial charge in [-0.15, -0.1) is 0 Å². The minimum Gasteiger partial charge on any atom is -0.352 e. The number of alkyl halides is 3. The van der Waals surface area contributed by atoms with E-state index in [4.69, 9.17) is 0 Å². The number of hydrogen-bond acceptors (Lipinski definition) is 3. The molecule has 1 aliphatic heterocycles. The summed E-state index contributed by atoms with van der Waals surface area (Å²) in [5.74, 6) is -2.14. The normalized spacial score (nSPS) is 24.0. The number of urea groups is 1. The van der Waals surface area contributed by atoms with E-state index in [1.807, 2.05) is 0 Å². The van der Waals surface area contributed by atoms with E-state index < -0.39 is 41.7 Å². The van der Waals surface area contributed by atoms with E-state index in [0.29, 0.717) is 4.90 Å². The van der Waals surface area contributed by atoms with Crippen molar-refractivity contribution in [1.82, 2.24) is 15.5 Å². The Morgan fingerprint density at radius 1 is 1.19 bits per heavy atom. The summed E-state index contributed by atoms with van der Waals surface area (Å²) in [6, 6.07) is 5.13. The Balaban J connectivity index is 1.85. The SMILES string of the molecule is O=C(CN1C(=O)NC(c2ccccc2)(C(F)(F)F)C1=O)NC1CCCC1. The molecule has 1 saturated heterocycles. The number of amides is 4. The summed E-state index contributed by atoms with van der Waals surface area (Å²) in [5.41, 5.74) is -3.58. The summed E-state index contributed by atoms with van der Waals surface area (Å²) in [6.45, 7) is -0.744. The molecule has 1 heterocycles. The van der Waals surface area contributed by atoms with Crippen molar-refractivity contribution in [2.45, 2.75) is 43.4 Å². The molecular weight excluding hydrogens is 351 g/mol. The Morgan fingerprint density at radius 3 is 2.38 bits per heavy atom. The fourth-order valence-electron chi connectivity index (χ4n) is 3.45. The lowest BCUT2D eigenvalue weighted by atomic mass is 9.89. The van der Waals surface area contributed by atoms with E-state index in [2.05, 4.69) is 5.32 Å².